The van der Waals surface area contributed by atoms with Crippen LogP contribution in [0.15, 0.2) is 12.3 Å². The van der Waals surface area contributed by atoms with Crippen LogP contribution in [-0.4, -0.2) is 35.1 Å². The van der Waals surface area contributed by atoms with Crippen LogP contribution in [0.3, 0.4) is 0 Å². The van der Waals surface area contributed by atoms with E-state index in [0.717, 1.165) is 6.20 Å². The molecule has 0 unspecified atom stereocenters. The van der Waals surface area contributed by atoms with Crippen LogP contribution in [0.1, 0.15) is 5.69 Å². The Balaban J connectivity index is 3.03. The Morgan fingerprint density at radius 3 is 2.26 bits per heavy atom. The Kier molecular flexibility index (Phi) is 4.83. The predicted octanol–water partition coefficient (Wildman–Crippen LogP) is 3.10. The fourth-order valence-electron chi connectivity index (χ4n) is 1.23. The number of halogens is 7. The monoisotopic (exact) mass is 307 g/mol. The third-order valence-corrected chi connectivity index (χ3v) is 2.11. The molecule has 1 heterocycles. The van der Waals surface area contributed by atoms with Gasteiger partial charge in [-0.2, -0.15) is 26.3 Å². The highest BCUT2D eigenvalue weighted by Crippen LogP contribution is 2.28. The molecular weight excluding hydrogens is 300 g/mol. The smallest absolute Gasteiger partial charge is 0.331 e. The van der Waals surface area contributed by atoms with E-state index in [4.69, 9.17) is 11.6 Å². The van der Waals surface area contributed by atoms with Crippen LogP contribution in [0.4, 0.5) is 32.3 Å². The number of hydrogen-bond donors (Lipinski definition) is 0. The molecule has 3 nitrogen and oxygen atoms in total. The summed E-state index contributed by atoms with van der Waals surface area (Å²) in [7, 11) is 0. The van der Waals surface area contributed by atoms with E-state index in [1.807, 2.05) is 0 Å². The van der Waals surface area contributed by atoms with Crippen molar-refractivity contribution in [1.82, 2.24) is 9.97 Å². The minimum atomic E-state index is -4.75. The van der Waals surface area contributed by atoms with Crippen LogP contribution >= 0.6 is 11.6 Å². The summed E-state index contributed by atoms with van der Waals surface area (Å²) < 4.78 is 74.1. The third-order valence-electron chi connectivity index (χ3n) is 1.94. The first-order valence-corrected chi connectivity index (χ1v) is 5.45. The van der Waals surface area contributed by atoms with Gasteiger partial charge in [0.25, 0.3) is 0 Å². The quantitative estimate of drug-likeness (QED) is 0.632. The highest BCUT2D eigenvalue weighted by Gasteiger charge is 2.35. The lowest BCUT2D eigenvalue weighted by atomic mass is 10.4. The maximum atomic E-state index is 12.4. The van der Waals surface area contributed by atoms with Crippen molar-refractivity contribution in [2.75, 3.05) is 23.9 Å². The van der Waals surface area contributed by atoms with E-state index in [1.165, 1.54) is 0 Å². The number of alkyl halides is 7. The van der Waals surface area contributed by atoms with Crippen LogP contribution < -0.4 is 4.90 Å². The van der Waals surface area contributed by atoms with Crippen molar-refractivity contribution in [2.45, 2.75) is 12.4 Å². The fraction of sp³-hybridized carbons (Fsp3) is 0.556. The molecular formula is C9H8ClF6N3. The molecule has 1 aromatic rings. The maximum absolute atomic E-state index is 12.4. The van der Waals surface area contributed by atoms with Crippen LogP contribution in [-0.2, 0) is 6.18 Å². The Morgan fingerprint density at radius 1 is 1.16 bits per heavy atom. The zero-order valence-electron chi connectivity index (χ0n) is 9.26. The Hall–Kier alpha value is -1.25. The van der Waals surface area contributed by atoms with Gasteiger partial charge in [-0.25, -0.2) is 9.97 Å². The molecule has 0 bridgehead atoms. The molecule has 0 aliphatic heterocycles. The van der Waals surface area contributed by atoms with Gasteiger partial charge in [-0.1, -0.05) is 0 Å². The summed E-state index contributed by atoms with van der Waals surface area (Å²) in [5.74, 6) is -0.858. The predicted molar refractivity (Wildman–Crippen MR) is 56.0 cm³/mol. The molecule has 0 aliphatic rings. The highest BCUT2D eigenvalue weighted by molar-refractivity contribution is 6.18. The van der Waals surface area contributed by atoms with Gasteiger partial charge in [0, 0.05) is 18.6 Å². The lowest BCUT2D eigenvalue weighted by Crippen LogP contribution is -2.37. The van der Waals surface area contributed by atoms with Crippen molar-refractivity contribution >= 4 is 17.5 Å². The van der Waals surface area contributed by atoms with Crippen LogP contribution in [0.5, 0.6) is 0 Å². The fourth-order valence-corrected chi connectivity index (χ4v) is 1.43. The largest absolute Gasteiger partial charge is 0.433 e. The molecule has 0 amide bonds. The molecule has 0 aliphatic carbocycles. The number of nitrogens with zero attached hydrogens (tertiary/aromatic N) is 3. The first kappa shape index (κ1) is 15.8. The van der Waals surface area contributed by atoms with Gasteiger partial charge in [0.15, 0.2) is 0 Å². The van der Waals surface area contributed by atoms with E-state index < -0.39 is 30.5 Å². The Labute approximate surface area is 109 Å². The highest BCUT2D eigenvalue weighted by atomic mass is 35.5. The van der Waals surface area contributed by atoms with E-state index in [2.05, 4.69) is 9.97 Å². The standard InChI is InChI=1S/C9H8ClF6N3/c10-2-4-19(5-8(11,12)13)7-17-3-1-6(18-7)9(14,15)16/h1,3H,2,4-5H2. The minimum absolute atomic E-state index is 0.199. The van der Waals surface area contributed by atoms with Crippen LogP contribution in [0.25, 0.3) is 0 Å². The van der Waals surface area contributed by atoms with E-state index >= 15 is 0 Å². The van der Waals surface area contributed by atoms with Gasteiger partial charge in [-0.3, -0.25) is 0 Å². The zero-order chi connectivity index (χ0) is 14.7. The van der Waals surface area contributed by atoms with Crippen molar-refractivity contribution < 1.29 is 26.3 Å². The second-order valence-corrected chi connectivity index (χ2v) is 3.84. The summed E-state index contributed by atoms with van der Waals surface area (Å²) in [6, 6.07) is 0.579. The lowest BCUT2D eigenvalue weighted by molar-refractivity contribution is -0.141. The molecule has 0 spiro atoms. The summed E-state index contributed by atoms with van der Waals surface area (Å²) in [5.41, 5.74) is -1.31. The number of hydrogen-bond acceptors (Lipinski definition) is 3. The van der Waals surface area contributed by atoms with Crippen molar-refractivity contribution in [3.8, 4) is 0 Å². The molecule has 0 aromatic carbocycles. The first-order chi connectivity index (χ1) is 8.63. The second-order valence-electron chi connectivity index (χ2n) is 3.47. The molecule has 1 aromatic heterocycles. The molecule has 0 radical (unpaired) electrons. The van der Waals surface area contributed by atoms with Gasteiger partial charge in [0.2, 0.25) is 5.95 Å². The van der Waals surface area contributed by atoms with Gasteiger partial charge in [-0.05, 0) is 6.07 Å². The number of anilines is 1. The van der Waals surface area contributed by atoms with Gasteiger partial charge >= 0.3 is 12.4 Å². The molecule has 0 saturated heterocycles. The van der Waals surface area contributed by atoms with Crippen molar-refractivity contribution in [1.29, 1.82) is 0 Å². The van der Waals surface area contributed by atoms with Gasteiger partial charge < -0.3 is 4.90 Å². The van der Waals surface area contributed by atoms with Gasteiger partial charge in [-0.15, -0.1) is 11.6 Å². The Morgan fingerprint density at radius 2 is 1.79 bits per heavy atom. The number of aromatic nitrogens is 2. The normalized spacial score (nSPS) is 12.6. The first-order valence-electron chi connectivity index (χ1n) is 4.91. The molecule has 108 valence electrons. The summed E-state index contributed by atoms with van der Waals surface area (Å²) in [5, 5.41) is 0. The van der Waals surface area contributed by atoms with E-state index in [0.29, 0.717) is 11.0 Å². The average molecular weight is 308 g/mol. The van der Waals surface area contributed by atoms with Crippen LogP contribution in [0.2, 0.25) is 0 Å². The van der Waals surface area contributed by atoms with E-state index in [1.54, 1.807) is 0 Å². The molecule has 0 N–H and O–H groups in total. The molecule has 0 atom stereocenters. The van der Waals surface area contributed by atoms with Crippen molar-refractivity contribution in [3.63, 3.8) is 0 Å². The van der Waals surface area contributed by atoms with E-state index in [-0.39, 0.29) is 12.4 Å². The zero-order valence-corrected chi connectivity index (χ0v) is 10.0. The van der Waals surface area contributed by atoms with E-state index in [9.17, 15) is 26.3 Å². The van der Waals surface area contributed by atoms with Gasteiger partial charge in [0.1, 0.15) is 12.2 Å². The summed E-state index contributed by atoms with van der Waals surface area (Å²) in [6.45, 7) is -1.79. The van der Waals surface area contributed by atoms with Crippen LogP contribution in [0, 0.1) is 0 Å². The average Bonchev–Trinajstić information content (AvgIpc) is 2.26. The topological polar surface area (TPSA) is 29.0 Å². The summed E-state index contributed by atoms with van der Waals surface area (Å²) >= 11 is 5.32. The Bertz CT molecular complexity index is 419. The minimum Gasteiger partial charge on any atom is -0.331 e. The summed E-state index contributed by atoms with van der Waals surface area (Å²) in [6.07, 6.45) is -8.59. The lowest BCUT2D eigenvalue weighted by Gasteiger charge is -2.23. The second kappa shape index (κ2) is 5.81. The maximum Gasteiger partial charge on any atom is 0.433 e. The molecule has 10 heteroatoms. The molecule has 0 saturated carbocycles. The van der Waals surface area contributed by atoms with Gasteiger partial charge in [0.05, 0.1) is 0 Å². The summed E-state index contributed by atoms with van der Waals surface area (Å²) in [4.78, 5) is 7.03. The van der Waals surface area contributed by atoms with Crippen molar-refractivity contribution in [2.24, 2.45) is 0 Å². The molecule has 1 rings (SSSR count). The van der Waals surface area contributed by atoms with Crippen molar-refractivity contribution in [3.05, 3.63) is 18.0 Å². The SMILES string of the molecule is FC(F)(F)CN(CCCl)c1nccc(C(F)(F)F)n1. The molecule has 0 fully saturated rings. The third kappa shape index (κ3) is 5.09. The number of rotatable bonds is 4. The molecule has 19 heavy (non-hydrogen) atoms.